The van der Waals surface area contributed by atoms with E-state index in [1.807, 2.05) is 0 Å². The topological polar surface area (TPSA) is 54.8 Å². The molecule has 6 rings (SSSR count). The summed E-state index contributed by atoms with van der Waals surface area (Å²) >= 11 is 0.00317. The molecule has 1 aromatic heterocycles. The van der Waals surface area contributed by atoms with Crippen LogP contribution in [0.25, 0.3) is 22.0 Å². The van der Waals surface area contributed by atoms with Crippen LogP contribution in [0.5, 0.6) is 0 Å². The molecule has 1 saturated heterocycles. The molecule has 0 bridgehead atoms. The molecular formula is C41H40F5N3O3S. The number of benzene rings is 4. The van der Waals surface area contributed by atoms with Crippen LogP contribution in [0, 0.1) is 18.6 Å². The van der Waals surface area contributed by atoms with Crippen molar-refractivity contribution < 1.29 is 71.2 Å². The normalized spacial score (nSPS) is 26.9. The molecule has 12 heteroatoms. The number of pyridine rings is 1. The summed E-state index contributed by atoms with van der Waals surface area (Å²) in [6.45, 7) is -17.8. The number of hydrogen-bond donors (Lipinski definition) is 0. The van der Waals surface area contributed by atoms with E-state index in [1.165, 1.54) is 0 Å². The van der Waals surface area contributed by atoms with E-state index in [1.54, 1.807) is 0 Å². The highest BCUT2D eigenvalue weighted by Crippen LogP contribution is 2.34. The third-order valence-electron chi connectivity index (χ3n) is 7.13. The Hall–Kier alpha value is -4.52. The smallest absolute Gasteiger partial charge is 0.383 e. The van der Waals surface area contributed by atoms with Crippen molar-refractivity contribution in [2.45, 2.75) is 55.7 Å². The number of likely N-dealkylation sites (tertiary alicyclic amines) is 1. The number of thioether (sulfide) groups is 1. The monoisotopic (exact) mass is 778 g/mol. The van der Waals surface area contributed by atoms with E-state index in [0.717, 1.165) is 0 Å². The Kier molecular flexibility index (Phi) is 5.05. The van der Waals surface area contributed by atoms with Crippen LogP contribution in [0.4, 0.5) is 22.0 Å². The van der Waals surface area contributed by atoms with Gasteiger partial charge in [0.15, 0.2) is 17.1 Å². The van der Waals surface area contributed by atoms with Crippen molar-refractivity contribution in [3.05, 3.63) is 135 Å². The van der Waals surface area contributed by atoms with Gasteiger partial charge in [-0.1, -0.05) is 60.4 Å². The molecule has 5 aromatic rings. The maximum Gasteiger partial charge on any atom is 0.416 e. The number of alkyl halides is 3. The van der Waals surface area contributed by atoms with Gasteiger partial charge in [0.05, 0.1) is 51.5 Å². The van der Waals surface area contributed by atoms with Crippen LogP contribution in [0.15, 0.2) is 100 Å². The van der Waals surface area contributed by atoms with Crippen LogP contribution >= 0.6 is 11.8 Å². The lowest BCUT2D eigenvalue weighted by Gasteiger charge is -2.39. The Labute approximate surface area is 349 Å². The molecule has 278 valence electrons. The van der Waals surface area contributed by atoms with Gasteiger partial charge in [0, 0.05) is 72.9 Å². The number of methoxy groups -OCH3 is 1. The fourth-order valence-electron chi connectivity index (χ4n) is 4.64. The predicted molar refractivity (Wildman–Crippen MR) is 198 cm³/mol. The number of fused-ring (bicyclic) bond motifs is 1. The van der Waals surface area contributed by atoms with E-state index in [4.69, 9.17) is 32.9 Å². The van der Waals surface area contributed by atoms with E-state index >= 15 is 9.18 Å². The number of carbonyl (C=O) groups is 1. The molecule has 53 heavy (non-hydrogen) atoms. The lowest BCUT2D eigenvalue weighted by atomic mass is 9.98. The first-order valence-corrected chi connectivity index (χ1v) is 15.7. The van der Waals surface area contributed by atoms with Crippen molar-refractivity contribution in [1.29, 1.82) is 0 Å². The van der Waals surface area contributed by atoms with E-state index in [9.17, 15) is 29.2 Å². The van der Waals surface area contributed by atoms with Crippen molar-refractivity contribution in [3.63, 3.8) is 0 Å². The minimum absolute atomic E-state index is 0.00317. The molecule has 2 heterocycles. The second-order valence-electron chi connectivity index (χ2n) is 10.6. The molecule has 0 saturated carbocycles. The maximum atomic E-state index is 15.6. The molecule has 1 fully saturated rings. The second-order valence-corrected chi connectivity index (χ2v) is 11.5. The number of rotatable bonds is 12. The number of hydrogen-bond acceptors (Lipinski definition) is 5. The lowest BCUT2D eigenvalue weighted by molar-refractivity contribution is -0.138. The van der Waals surface area contributed by atoms with Crippen molar-refractivity contribution in [3.8, 4) is 11.1 Å². The minimum Gasteiger partial charge on any atom is -0.383 e. The number of halogens is 5. The van der Waals surface area contributed by atoms with Gasteiger partial charge in [-0.2, -0.15) is 13.2 Å². The van der Waals surface area contributed by atoms with E-state index < -0.39 is 250 Å². The number of nitrogens with zero attached hydrogens (tertiary/aromatic N) is 3. The Balaban J connectivity index is 1.73. The second kappa shape index (κ2) is 16.7. The van der Waals surface area contributed by atoms with Gasteiger partial charge in [0.1, 0.15) is 6.54 Å². The zero-order valence-electron chi connectivity index (χ0n) is 55.7. The number of carbonyl (C=O) groups excluding carboxylic acids is 1. The van der Waals surface area contributed by atoms with Crippen LogP contribution in [-0.2, 0) is 34.6 Å². The van der Waals surface area contributed by atoms with Crippen LogP contribution in [0.1, 0.15) is 74.8 Å². The van der Waals surface area contributed by atoms with Gasteiger partial charge in [-0.25, -0.2) is 8.78 Å². The summed E-state index contributed by atoms with van der Waals surface area (Å²) in [5.41, 5.74) is -10.1. The van der Waals surface area contributed by atoms with Gasteiger partial charge in [-0.3, -0.25) is 9.59 Å². The van der Waals surface area contributed by atoms with Gasteiger partial charge >= 0.3 is 6.18 Å². The highest BCUT2D eigenvalue weighted by molar-refractivity contribution is 7.98. The summed E-state index contributed by atoms with van der Waals surface area (Å²) in [5.74, 6) is -7.18. The number of amides is 1. The molecule has 0 aliphatic carbocycles. The zero-order chi connectivity index (χ0) is 63.1. The molecule has 6 nitrogen and oxygen atoms in total. The molecule has 0 unspecified atom stereocenters. The molecule has 0 N–H and O–H groups in total. The summed E-state index contributed by atoms with van der Waals surface area (Å²) in [6.07, 6.45) is -14.6. The summed E-state index contributed by atoms with van der Waals surface area (Å²) in [5, 5.41) is -2.16. The van der Waals surface area contributed by atoms with E-state index in [2.05, 4.69) is 4.74 Å². The highest BCUT2D eigenvalue weighted by Gasteiger charge is 2.32. The highest BCUT2D eigenvalue weighted by atomic mass is 32.2. The molecular weight excluding hydrogens is 710 g/mol. The molecule has 1 aliphatic heterocycles. The maximum absolute atomic E-state index is 15.6. The molecule has 1 amide bonds. The van der Waals surface area contributed by atoms with Gasteiger partial charge in [0.2, 0.25) is 5.91 Å². The van der Waals surface area contributed by atoms with Crippen LogP contribution < -0.4 is 5.43 Å². The minimum atomic E-state index is -5.35. The zero-order valence-corrected chi connectivity index (χ0v) is 27.5. The summed E-state index contributed by atoms with van der Waals surface area (Å²) in [6, 6.07) is -24.7. The number of para-hydroxylation sites is 1. The van der Waals surface area contributed by atoms with Crippen LogP contribution in [-0.4, -0.2) is 59.4 Å². The molecule has 1 aliphatic rings. The van der Waals surface area contributed by atoms with Gasteiger partial charge < -0.3 is 19.1 Å². The van der Waals surface area contributed by atoms with Gasteiger partial charge in [-0.05, 0) is 66.1 Å². The number of aromatic nitrogens is 1. The quantitative estimate of drug-likeness (QED) is 0.0938. The Morgan fingerprint density at radius 1 is 1.04 bits per heavy atom. The van der Waals surface area contributed by atoms with Crippen LogP contribution in [0.2, 0.25) is 0 Å². The average Bonchev–Trinajstić information content (AvgIpc) is 1.48. The summed E-state index contributed by atoms with van der Waals surface area (Å²) in [4.78, 5) is 28.6. The Morgan fingerprint density at radius 2 is 1.77 bits per heavy atom. The number of piperidine rings is 1. The van der Waals surface area contributed by atoms with Crippen LogP contribution in [0.3, 0.4) is 0 Å². The molecule has 0 atom stereocenters. The molecule has 0 radical (unpaired) electrons. The number of ether oxygens (including phenoxy) is 1. The van der Waals surface area contributed by atoms with Crippen molar-refractivity contribution in [1.82, 2.24) is 14.4 Å². The lowest BCUT2D eigenvalue weighted by Crippen LogP contribution is -2.48. The van der Waals surface area contributed by atoms with Crippen molar-refractivity contribution >= 4 is 28.6 Å². The standard InChI is InChI=1S/C41H40F5N3O3S/c1-27-22-30(14-15-34(27)41(44,45)46)29-12-10-28(11-13-29)24-48(32-16-18-47(19-17-32)20-21-52-2)38(51)25-49-36-9-4-3-7-33(36)37(50)23-39(49)53-26-31-6-5-8-35(42)40(31)43/h3-15,22-23,32H,16-21,24-26H2,1-2H3/i2D3,3D,4D,5D,6D,7D,8D,9D,10D,11D,12D,13D,14D,15D,16D2,17D2,18D2,19D2,21D2,22D,23D,32D. The fourth-order valence-corrected chi connectivity index (χ4v) is 5.60. The average molecular weight is 779 g/mol. The van der Waals surface area contributed by atoms with Gasteiger partial charge in [-0.15, -0.1) is 11.8 Å². The van der Waals surface area contributed by atoms with E-state index in [-0.39, 0.29) is 11.8 Å². The predicted octanol–water partition coefficient (Wildman–Crippen LogP) is 8.71. The van der Waals surface area contributed by atoms with E-state index in [0.29, 0.717) is 11.5 Å². The Morgan fingerprint density at radius 3 is 2.51 bits per heavy atom. The van der Waals surface area contributed by atoms with Crippen molar-refractivity contribution in [2.24, 2.45) is 0 Å². The van der Waals surface area contributed by atoms with Crippen molar-refractivity contribution in [2.75, 3.05) is 33.1 Å². The fraction of sp³-hybridized carbons (Fsp3) is 0.317. The first-order chi connectivity index (χ1) is 37.0. The van der Waals surface area contributed by atoms with Gasteiger partial charge in [0.25, 0.3) is 0 Å². The molecule has 0 spiro atoms. The summed E-state index contributed by atoms with van der Waals surface area (Å²) < 4.78 is 327. The third-order valence-corrected chi connectivity index (χ3v) is 8.16. The first kappa shape index (κ1) is 16.1. The molecule has 4 aromatic carbocycles. The first-order valence-electron chi connectivity index (χ1n) is 29.2. The largest absolute Gasteiger partial charge is 0.416 e. The Bertz CT molecular complexity index is 3480. The summed E-state index contributed by atoms with van der Waals surface area (Å²) in [7, 11) is -3.70. The third kappa shape index (κ3) is 9.00. The SMILES string of the molecule is [2H]c1c([2H])c(F)c(F)c(CSc2c([2H])c(=O)c3c([2H])c([2H])c([2H])c([2H])c3n2CC(=O)N(Cc2c([2H])c([2H])c(-c3c([2H])c([2H])c(C(F)(F)F)c(C)c3[2H])c([2H])c2[2H])C2([2H])C([2H])([2H])C([2H])([2H])N(CC([2H])([2H])OC([2H])([2H])[2H])C([2H])([2H])C2([2H])[2H])c1[2H].